The average Bonchev–Trinajstić information content (AvgIpc) is 3.21. The molecule has 0 saturated carbocycles. The number of carbonyl (C=O) groups is 2. The molecule has 308 valence electrons. The minimum atomic E-state index is -0.557. The van der Waals surface area contributed by atoms with Crippen molar-refractivity contribution in [1.29, 1.82) is 0 Å². The van der Waals surface area contributed by atoms with Crippen LogP contribution in [0.15, 0.2) is 72.8 Å². The second-order valence-electron chi connectivity index (χ2n) is 13.2. The summed E-state index contributed by atoms with van der Waals surface area (Å²) in [6.45, 7) is 8.37. The molecule has 4 aromatic carbocycles. The maximum absolute atomic E-state index is 12.8. The molecule has 0 unspecified atom stereocenters. The summed E-state index contributed by atoms with van der Waals surface area (Å²) in [6.07, 6.45) is 3.67. The molecule has 0 atom stereocenters. The van der Waals surface area contributed by atoms with Crippen LogP contribution in [0.4, 0.5) is 22.7 Å². The van der Waals surface area contributed by atoms with E-state index in [4.69, 9.17) is 55.9 Å². The summed E-state index contributed by atoms with van der Waals surface area (Å²) in [6, 6.07) is 17.3. The fourth-order valence-corrected chi connectivity index (χ4v) is 6.90. The van der Waals surface area contributed by atoms with Gasteiger partial charge in [0.15, 0.2) is 0 Å². The summed E-state index contributed by atoms with van der Waals surface area (Å²) in [7, 11) is 0. The van der Waals surface area contributed by atoms with Gasteiger partial charge in [-0.05, 0) is 74.5 Å². The molecule has 3 N–H and O–H groups in total. The van der Waals surface area contributed by atoms with Crippen molar-refractivity contribution < 1.29 is 28.9 Å². The van der Waals surface area contributed by atoms with Gasteiger partial charge in [-0.3, -0.25) is 39.6 Å². The molecule has 0 aromatic heterocycles. The van der Waals surface area contributed by atoms with E-state index in [0.717, 1.165) is 52.4 Å². The van der Waals surface area contributed by atoms with Gasteiger partial charge in [0.25, 0.3) is 23.2 Å². The summed E-state index contributed by atoms with van der Waals surface area (Å²) in [5, 5.41) is 31.2. The molecular formula is C39H41Cl4N7O8. The highest BCUT2D eigenvalue weighted by Gasteiger charge is 2.20. The van der Waals surface area contributed by atoms with Crippen LogP contribution >= 0.6 is 46.4 Å². The zero-order valence-corrected chi connectivity index (χ0v) is 34.2. The van der Waals surface area contributed by atoms with Gasteiger partial charge in [0, 0.05) is 73.6 Å². The third kappa shape index (κ3) is 13.1. The van der Waals surface area contributed by atoms with E-state index in [9.17, 15) is 29.8 Å². The zero-order chi connectivity index (χ0) is 41.6. The third-order valence-corrected chi connectivity index (χ3v) is 10.3. The number of piperidine rings is 1. The van der Waals surface area contributed by atoms with Gasteiger partial charge in [0.05, 0.1) is 42.4 Å². The number of amides is 2. The number of likely N-dealkylation sites (tertiary alicyclic amines) is 1. The third-order valence-electron chi connectivity index (χ3n) is 9.18. The topological polar surface area (TPSA) is 181 Å². The first-order chi connectivity index (χ1) is 27.9. The molecule has 58 heavy (non-hydrogen) atoms. The lowest BCUT2D eigenvalue weighted by Gasteiger charge is -2.27. The first-order valence-corrected chi connectivity index (χ1v) is 19.9. The SMILES string of the molecule is O=C(Nc1ccc([N+](=O)[O-])cc1Cl)c1cc(Cl)ccc1OCCN1CCCCC1.O=C(Nc1ccc([N+](=O)[O-])cc1Cl)c1cc(Cl)ccc1OCCN1CCNCC1. The Bertz CT molecular complexity index is 1950. The fourth-order valence-electron chi connectivity index (χ4n) is 6.12. The lowest BCUT2D eigenvalue weighted by Crippen LogP contribution is -2.44. The van der Waals surface area contributed by atoms with E-state index in [2.05, 4.69) is 25.8 Å². The Balaban J connectivity index is 0.000000221. The lowest BCUT2D eigenvalue weighted by atomic mass is 10.1. The molecule has 2 heterocycles. The molecule has 2 aliphatic heterocycles. The Labute approximate surface area is 354 Å². The second kappa shape index (κ2) is 21.9. The number of piperazine rings is 1. The van der Waals surface area contributed by atoms with Crippen molar-refractivity contribution in [3.63, 3.8) is 0 Å². The normalized spacial score (nSPS) is 14.4. The minimum absolute atomic E-state index is 0.0655. The van der Waals surface area contributed by atoms with Gasteiger partial charge in [-0.15, -0.1) is 0 Å². The van der Waals surface area contributed by atoms with Crippen molar-refractivity contribution >= 4 is 81.0 Å². The highest BCUT2D eigenvalue weighted by molar-refractivity contribution is 6.35. The predicted molar refractivity (Wildman–Crippen MR) is 226 cm³/mol. The summed E-state index contributed by atoms with van der Waals surface area (Å²) in [5.74, 6) is -0.112. The van der Waals surface area contributed by atoms with Crippen LogP contribution in [0.2, 0.25) is 20.1 Å². The largest absolute Gasteiger partial charge is 0.491 e. The standard InChI is InChI=1S/C20H21Cl2N3O4.C19H20Cl2N4O4/c21-14-4-7-19(29-11-10-24-8-2-1-3-9-24)16(12-14)20(26)23-18-6-5-15(25(27)28)13-17(18)22;20-13-1-4-18(29-10-9-24-7-5-22-6-8-24)15(11-13)19(26)23-17-3-2-14(25(27)28)12-16(17)21/h4-7,12-13H,1-3,8-11H2,(H,23,26);1-4,11-12,22H,5-10H2,(H,23,26). The van der Waals surface area contributed by atoms with Crippen LogP contribution in [0.5, 0.6) is 11.5 Å². The van der Waals surface area contributed by atoms with Crippen LogP contribution in [0.1, 0.15) is 40.0 Å². The van der Waals surface area contributed by atoms with Crippen LogP contribution in [0.3, 0.4) is 0 Å². The van der Waals surface area contributed by atoms with Crippen molar-refractivity contribution in [3.05, 3.63) is 124 Å². The number of carbonyl (C=O) groups excluding carboxylic acids is 2. The van der Waals surface area contributed by atoms with Gasteiger partial charge in [-0.2, -0.15) is 0 Å². The number of nitro benzene ring substituents is 2. The van der Waals surface area contributed by atoms with Crippen LogP contribution in [0, 0.1) is 20.2 Å². The summed E-state index contributed by atoms with van der Waals surface area (Å²) >= 11 is 24.2. The number of anilines is 2. The maximum atomic E-state index is 12.8. The molecular weight excluding hydrogens is 836 g/mol. The van der Waals surface area contributed by atoms with Crippen LogP contribution in [0.25, 0.3) is 0 Å². The highest BCUT2D eigenvalue weighted by atomic mass is 35.5. The van der Waals surface area contributed by atoms with Crippen molar-refractivity contribution in [2.75, 3.05) is 76.2 Å². The molecule has 4 aromatic rings. The smallest absolute Gasteiger partial charge is 0.271 e. The van der Waals surface area contributed by atoms with Gasteiger partial charge < -0.3 is 25.4 Å². The van der Waals surface area contributed by atoms with Crippen molar-refractivity contribution in [3.8, 4) is 11.5 Å². The number of halogens is 4. The Morgan fingerprint density at radius 3 is 1.47 bits per heavy atom. The summed E-state index contributed by atoms with van der Waals surface area (Å²) in [4.78, 5) is 50.7. The van der Waals surface area contributed by atoms with Gasteiger partial charge in [0.2, 0.25) is 0 Å². The maximum Gasteiger partial charge on any atom is 0.271 e. The summed E-state index contributed by atoms with van der Waals surface area (Å²) in [5.41, 5.74) is 0.735. The first kappa shape index (κ1) is 44.4. The number of hydrogen-bond acceptors (Lipinski definition) is 11. The van der Waals surface area contributed by atoms with Crippen LogP contribution in [-0.2, 0) is 0 Å². The van der Waals surface area contributed by atoms with Gasteiger partial charge in [-0.1, -0.05) is 52.8 Å². The number of nitrogens with one attached hydrogen (secondary N) is 3. The second-order valence-corrected chi connectivity index (χ2v) is 14.9. The van der Waals surface area contributed by atoms with Crippen LogP contribution < -0.4 is 25.4 Å². The van der Waals surface area contributed by atoms with E-state index in [1.165, 1.54) is 67.8 Å². The molecule has 19 heteroatoms. The Morgan fingerprint density at radius 2 is 1.05 bits per heavy atom. The van der Waals surface area contributed by atoms with Gasteiger partial charge in [0.1, 0.15) is 24.7 Å². The Kier molecular flexibility index (Phi) is 16.7. The number of nitrogens with zero attached hydrogens (tertiary/aromatic N) is 4. The van der Waals surface area contributed by atoms with Gasteiger partial charge >= 0.3 is 0 Å². The van der Waals surface area contributed by atoms with Crippen molar-refractivity contribution in [1.82, 2.24) is 15.1 Å². The van der Waals surface area contributed by atoms with E-state index in [0.29, 0.717) is 34.8 Å². The van der Waals surface area contributed by atoms with Crippen molar-refractivity contribution in [2.24, 2.45) is 0 Å². The monoisotopic (exact) mass is 875 g/mol. The predicted octanol–water partition coefficient (Wildman–Crippen LogP) is 8.46. The number of hydrogen-bond donors (Lipinski definition) is 3. The number of ether oxygens (including phenoxy) is 2. The number of non-ortho nitro benzene ring substituents is 2. The zero-order valence-electron chi connectivity index (χ0n) is 31.2. The fraction of sp³-hybridized carbons (Fsp3) is 0.333. The van der Waals surface area contributed by atoms with Crippen LogP contribution in [-0.4, -0.2) is 97.0 Å². The molecule has 15 nitrogen and oxygen atoms in total. The highest BCUT2D eigenvalue weighted by Crippen LogP contribution is 2.31. The molecule has 6 rings (SSSR count). The molecule has 0 aliphatic carbocycles. The van der Waals surface area contributed by atoms with E-state index in [1.54, 1.807) is 24.3 Å². The molecule has 0 spiro atoms. The number of rotatable bonds is 14. The summed E-state index contributed by atoms with van der Waals surface area (Å²) < 4.78 is 11.7. The van der Waals surface area contributed by atoms with E-state index in [1.807, 2.05) is 0 Å². The number of nitro groups is 2. The quantitative estimate of drug-likeness (QED) is 0.0817. The molecule has 0 radical (unpaired) electrons. The molecule has 2 aliphatic rings. The molecule has 2 fully saturated rings. The molecule has 0 bridgehead atoms. The van der Waals surface area contributed by atoms with E-state index in [-0.39, 0.29) is 43.9 Å². The number of benzene rings is 4. The van der Waals surface area contributed by atoms with Gasteiger partial charge in [-0.25, -0.2) is 0 Å². The van der Waals surface area contributed by atoms with Crippen molar-refractivity contribution in [2.45, 2.75) is 19.3 Å². The molecule has 2 saturated heterocycles. The Morgan fingerprint density at radius 1 is 0.621 bits per heavy atom. The van der Waals surface area contributed by atoms with E-state index < -0.39 is 21.7 Å². The minimum Gasteiger partial charge on any atom is -0.491 e. The van der Waals surface area contributed by atoms with E-state index >= 15 is 0 Å². The Hall–Kier alpha value is -4.74. The average molecular weight is 878 g/mol. The molecule has 2 amide bonds. The lowest BCUT2D eigenvalue weighted by molar-refractivity contribution is -0.385. The first-order valence-electron chi connectivity index (χ1n) is 18.4.